The van der Waals surface area contributed by atoms with Gasteiger partial charge >= 0.3 is 0 Å². The lowest BCUT2D eigenvalue weighted by atomic mass is 9.96. The predicted molar refractivity (Wildman–Crippen MR) is 63.4 cm³/mol. The van der Waals surface area contributed by atoms with E-state index in [0.717, 1.165) is 39.3 Å². The van der Waals surface area contributed by atoms with Gasteiger partial charge in [0.1, 0.15) is 0 Å². The second-order valence-corrected chi connectivity index (χ2v) is 5.14. The first-order valence-corrected chi connectivity index (χ1v) is 6.38. The van der Waals surface area contributed by atoms with E-state index in [2.05, 4.69) is 18.7 Å². The van der Waals surface area contributed by atoms with Crippen LogP contribution in [0.3, 0.4) is 0 Å². The molecule has 0 amide bonds. The Morgan fingerprint density at radius 3 is 2.50 bits per heavy atom. The molecule has 2 rings (SSSR count). The Balaban J connectivity index is 1.96. The van der Waals surface area contributed by atoms with Crippen molar-refractivity contribution in [1.82, 2.24) is 4.90 Å². The van der Waals surface area contributed by atoms with Crippen LogP contribution in [0.2, 0.25) is 0 Å². The number of rotatable bonds is 3. The van der Waals surface area contributed by atoms with Gasteiger partial charge in [-0.05, 0) is 20.3 Å². The molecule has 0 aromatic carbocycles. The first-order valence-electron chi connectivity index (χ1n) is 6.38. The van der Waals surface area contributed by atoms with Gasteiger partial charge in [-0.25, -0.2) is 0 Å². The van der Waals surface area contributed by atoms with E-state index in [1.165, 1.54) is 0 Å². The summed E-state index contributed by atoms with van der Waals surface area (Å²) in [5, 5.41) is 0. The number of nitrogens with zero attached hydrogens (tertiary/aromatic N) is 1. The SMILES string of the molecule is CC1CN(C(CN)C2CCOC2)CC(C)O1. The summed E-state index contributed by atoms with van der Waals surface area (Å²) in [5.74, 6) is 0.613. The quantitative estimate of drug-likeness (QED) is 0.762. The highest BCUT2D eigenvalue weighted by Crippen LogP contribution is 2.23. The molecule has 2 heterocycles. The first-order chi connectivity index (χ1) is 7.70. The Bertz CT molecular complexity index is 209. The summed E-state index contributed by atoms with van der Waals surface area (Å²) < 4.78 is 11.2. The van der Waals surface area contributed by atoms with Gasteiger partial charge in [0.15, 0.2) is 0 Å². The third-order valence-electron chi connectivity index (χ3n) is 3.67. The van der Waals surface area contributed by atoms with E-state index in [9.17, 15) is 0 Å². The molecule has 0 aromatic rings. The molecule has 4 unspecified atom stereocenters. The highest BCUT2D eigenvalue weighted by molar-refractivity contribution is 4.86. The maximum absolute atomic E-state index is 5.94. The maximum atomic E-state index is 5.94. The minimum Gasteiger partial charge on any atom is -0.381 e. The molecule has 2 fully saturated rings. The lowest BCUT2D eigenvalue weighted by molar-refractivity contribution is -0.0859. The van der Waals surface area contributed by atoms with E-state index in [-0.39, 0.29) is 0 Å². The van der Waals surface area contributed by atoms with Crippen LogP contribution in [0.1, 0.15) is 20.3 Å². The van der Waals surface area contributed by atoms with E-state index in [0.29, 0.717) is 24.2 Å². The van der Waals surface area contributed by atoms with E-state index < -0.39 is 0 Å². The van der Waals surface area contributed by atoms with Crippen LogP contribution in [0.5, 0.6) is 0 Å². The number of hydrogen-bond donors (Lipinski definition) is 1. The lowest BCUT2D eigenvalue weighted by Crippen LogP contribution is -2.54. The van der Waals surface area contributed by atoms with Crippen molar-refractivity contribution in [2.45, 2.75) is 38.5 Å². The van der Waals surface area contributed by atoms with Gasteiger partial charge in [-0.2, -0.15) is 0 Å². The minimum absolute atomic E-state index is 0.320. The Hall–Kier alpha value is -0.160. The predicted octanol–water partition coefficient (Wildman–Crippen LogP) is 0.459. The summed E-state index contributed by atoms with van der Waals surface area (Å²) in [6.45, 7) is 8.79. The number of morpholine rings is 1. The van der Waals surface area contributed by atoms with E-state index in [4.69, 9.17) is 15.2 Å². The molecule has 0 radical (unpaired) electrons. The number of nitrogens with two attached hydrogens (primary N) is 1. The monoisotopic (exact) mass is 228 g/mol. The van der Waals surface area contributed by atoms with Gasteiger partial charge < -0.3 is 15.2 Å². The van der Waals surface area contributed by atoms with Gasteiger partial charge in [0.25, 0.3) is 0 Å². The molecule has 94 valence electrons. The second-order valence-electron chi connectivity index (χ2n) is 5.14. The Kier molecular flexibility index (Phi) is 4.19. The Morgan fingerprint density at radius 2 is 2.00 bits per heavy atom. The molecule has 2 saturated heterocycles. The van der Waals surface area contributed by atoms with Crippen LogP contribution >= 0.6 is 0 Å². The highest BCUT2D eigenvalue weighted by Gasteiger charge is 2.33. The fraction of sp³-hybridized carbons (Fsp3) is 1.00. The van der Waals surface area contributed by atoms with E-state index in [1.54, 1.807) is 0 Å². The van der Waals surface area contributed by atoms with Crippen molar-refractivity contribution in [3.63, 3.8) is 0 Å². The molecular formula is C12H24N2O2. The van der Waals surface area contributed by atoms with Crippen LogP contribution < -0.4 is 5.73 Å². The van der Waals surface area contributed by atoms with Crippen LogP contribution in [-0.4, -0.2) is 56.0 Å². The van der Waals surface area contributed by atoms with Gasteiger partial charge in [0.05, 0.1) is 18.8 Å². The molecular weight excluding hydrogens is 204 g/mol. The summed E-state index contributed by atoms with van der Waals surface area (Å²) in [5.41, 5.74) is 5.94. The molecule has 2 aliphatic rings. The second kappa shape index (κ2) is 5.45. The van der Waals surface area contributed by atoms with Crippen LogP contribution in [0.25, 0.3) is 0 Å². The zero-order valence-electron chi connectivity index (χ0n) is 10.4. The maximum Gasteiger partial charge on any atom is 0.0678 e. The van der Waals surface area contributed by atoms with E-state index in [1.807, 2.05) is 0 Å². The van der Waals surface area contributed by atoms with Crippen LogP contribution in [0, 0.1) is 5.92 Å². The fourth-order valence-electron chi connectivity index (χ4n) is 2.98. The zero-order valence-corrected chi connectivity index (χ0v) is 10.4. The fourth-order valence-corrected chi connectivity index (χ4v) is 2.98. The molecule has 0 bridgehead atoms. The van der Waals surface area contributed by atoms with Crippen LogP contribution in [0.4, 0.5) is 0 Å². The molecule has 0 aliphatic carbocycles. The molecule has 2 aliphatic heterocycles. The molecule has 4 nitrogen and oxygen atoms in total. The normalized spacial score (nSPS) is 38.8. The standard InChI is InChI=1S/C12H24N2O2/c1-9-6-14(7-10(2)16-9)12(5-13)11-3-4-15-8-11/h9-12H,3-8,13H2,1-2H3. The van der Waals surface area contributed by atoms with Gasteiger partial charge in [-0.3, -0.25) is 4.90 Å². The van der Waals surface area contributed by atoms with Crippen molar-refractivity contribution in [2.24, 2.45) is 11.7 Å². The third kappa shape index (κ3) is 2.74. The van der Waals surface area contributed by atoms with Crippen molar-refractivity contribution in [3.8, 4) is 0 Å². The molecule has 16 heavy (non-hydrogen) atoms. The Labute approximate surface area is 98.1 Å². The van der Waals surface area contributed by atoms with Crippen LogP contribution in [-0.2, 0) is 9.47 Å². The summed E-state index contributed by atoms with van der Waals surface area (Å²) >= 11 is 0. The van der Waals surface area contributed by atoms with Gasteiger partial charge in [-0.15, -0.1) is 0 Å². The van der Waals surface area contributed by atoms with E-state index >= 15 is 0 Å². The molecule has 0 spiro atoms. The van der Waals surface area contributed by atoms with Crippen molar-refractivity contribution < 1.29 is 9.47 Å². The van der Waals surface area contributed by atoms with Crippen molar-refractivity contribution in [1.29, 1.82) is 0 Å². The smallest absolute Gasteiger partial charge is 0.0678 e. The number of hydrogen-bond acceptors (Lipinski definition) is 4. The largest absolute Gasteiger partial charge is 0.381 e. The molecule has 0 aromatic heterocycles. The minimum atomic E-state index is 0.320. The molecule has 4 heteroatoms. The van der Waals surface area contributed by atoms with Crippen LogP contribution in [0.15, 0.2) is 0 Å². The molecule has 4 atom stereocenters. The highest BCUT2D eigenvalue weighted by atomic mass is 16.5. The average Bonchev–Trinajstić information content (AvgIpc) is 2.70. The lowest BCUT2D eigenvalue weighted by Gasteiger charge is -2.41. The first kappa shape index (κ1) is 12.3. The summed E-state index contributed by atoms with van der Waals surface area (Å²) in [4.78, 5) is 2.50. The summed E-state index contributed by atoms with van der Waals surface area (Å²) in [7, 11) is 0. The average molecular weight is 228 g/mol. The van der Waals surface area contributed by atoms with Crippen molar-refractivity contribution in [3.05, 3.63) is 0 Å². The number of ether oxygens (including phenoxy) is 2. The van der Waals surface area contributed by atoms with Gasteiger partial charge in [0, 0.05) is 38.2 Å². The van der Waals surface area contributed by atoms with Gasteiger partial charge in [0.2, 0.25) is 0 Å². The summed E-state index contributed by atoms with van der Waals surface area (Å²) in [6.07, 6.45) is 1.79. The third-order valence-corrected chi connectivity index (χ3v) is 3.67. The Morgan fingerprint density at radius 1 is 1.31 bits per heavy atom. The van der Waals surface area contributed by atoms with Crippen molar-refractivity contribution in [2.75, 3.05) is 32.8 Å². The molecule has 2 N–H and O–H groups in total. The van der Waals surface area contributed by atoms with Gasteiger partial charge in [-0.1, -0.05) is 0 Å². The molecule has 0 saturated carbocycles. The van der Waals surface area contributed by atoms with Crippen molar-refractivity contribution >= 4 is 0 Å². The zero-order chi connectivity index (χ0) is 11.5. The topological polar surface area (TPSA) is 47.7 Å². The summed E-state index contributed by atoms with van der Waals surface area (Å²) in [6, 6.07) is 0.469.